The monoisotopic (exact) mass is 416 g/mol. The number of rotatable bonds is 7. The summed E-state index contributed by atoms with van der Waals surface area (Å²) in [6.07, 6.45) is 1.55. The average Bonchev–Trinajstić information content (AvgIpc) is 2.76. The molecule has 5 nitrogen and oxygen atoms in total. The molecular weight excluding hydrogens is 388 g/mol. The Morgan fingerprint density at radius 3 is 2.45 bits per heavy atom. The van der Waals surface area contributed by atoms with Crippen molar-refractivity contribution in [2.45, 2.75) is 33.4 Å². The van der Waals surface area contributed by atoms with E-state index in [0.29, 0.717) is 23.8 Å². The highest BCUT2D eigenvalue weighted by atomic mass is 16.5. The van der Waals surface area contributed by atoms with E-state index in [1.165, 1.54) is 7.11 Å². The molecular formula is C26H28N2O3. The standard InChI is InChI=1S/C26H28N2O3/c1-17(2)27-16-19-9-12-23(26(30)31-4)24(14-19)28-25(29)13-18(3)21-11-10-20-7-5-6-8-22(20)15-21/h5-15,17,27H,16H2,1-4H3,(H,28,29)/b18-13-. The lowest BCUT2D eigenvalue weighted by Gasteiger charge is -2.13. The number of methoxy groups -OCH3 is 1. The highest BCUT2D eigenvalue weighted by Crippen LogP contribution is 2.22. The van der Waals surface area contributed by atoms with Gasteiger partial charge in [-0.25, -0.2) is 4.79 Å². The number of carbonyl (C=O) groups excluding carboxylic acids is 2. The van der Waals surface area contributed by atoms with Gasteiger partial charge in [0.05, 0.1) is 18.4 Å². The minimum atomic E-state index is -0.492. The van der Waals surface area contributed by atoms with Gasteiger partial charge >= 0.3 is 5.97 Å². The third-order valence-corrected chi connectivity index (χ3v) is 5.01. The number of allylic oxidation sites excluding steroid dienone is 1. The van der Waals surface area contributed by atoms with Gasteiger partial charge in [-0.1, -0.05) is 56.3 Å². The molecule has 0 fully saturated rings. The quantitative estimate of drug-likeness (QED) is 0.412. The lowest BCUT2D eigenvalue weighted by Crippen LogP contribution is -2.22. The van der Waals surface area contributed by atoms with E-state index in [4.69, 9.17) is 4.74 Å². The summed E-state index contributed by atoms with van der Waals surface area (Å²) in [5.41, 5.74) is 3.52. The van der Waals surface area contributed by atoms with E-state index in [9.17, 15) is 9.59 Å². The largest absolute Gasteiger partial charge is 0.465 e. The minimum absolute atomic E-state index is 0.301. The second-order valence-corrected chi connectivity index (χ2v) is 7.79. The maximum absolute atomic E-state index is 12.7. The Hall–Kier alpha value is -3.44. The molecule has 0 unspecified atom stereocenters. The Kier molecular flexibility index (Phi) is 7.21. The SMILES string of the molecule is COC(=O)c1ccc(CNC(C)C)cc1NC(=O)/C=C(/C)c1ccc2ccccc2c1. The van der Waals surface area contributed by atoms with Crippen LogP contribution in [0.4, 0.5) is 5.69 Å². The van der Waals surface area contributed by atoms with Gasteiger partial charge < -0.3 is 15.4 Å². The van der Waals surface area contributed by atoms with Crippen LogP contribution < -0.4 is 10.6 Å². The van der Waals surface area contributed by atoms with Crippen molar-refractivity contribution < 1.29 is 14.3 Å². The molecule has 0 bridgehead atoms. The third-order valence-electron chi connectivity index (χ3n) is 5.01. The number of fused-ring (bicyclic) bond motifs is 1. The van der Waals surface area contributed by atoms with Gasteiger partial charge in [0.15, 0.2) is 0 Å². The van der Waals surface area contributed by atoms with Gasteiger partial charge in [0.1, 0.15) is 0 Å². The lowest BCUT2D eigenvalue weighted by molar-refractivity contribution is -0.111. The first-order valence-corrected chi connectivity index (χ1v) is 10.3. The number of anilines is 1. The Bertz CT molecular complexity index is 1130. The summed E-state index contributed by atoms with van der Waals surface area (Å²) >= 11 is 0. The molecule has 0 radical (unpaired) electrons. The van der Waals surface area contributed by atoms with Gasteiger partial charge in [-0.15, -0.1) is 0 Å². The van der Waals surface area contributed by atoms with E-state index >= 15 is 0 Å². The maximum atomic E-state index is 12.7. The molecule has 5 heteroatoms. The molecule has 0 aromatic heterocycles. The van der Waals surface area contributed by atoms with E-state index in [1.807, 2.05) is 43.3 Å². The molecule has 2 N–H and O–H groups in total. The summed E-state index contributed by atoms with van der Waals surface area (Å²) in [4.78, 5) is 24.9. The smallest absolute Gasteiger partial charge is 0.339 e. The second-order valence-electron chi connectivity index (χ2n) is 7.79. The molecule has 3 rings (SSSR count). The third kappa shape index (κ3) is 5.80. The van der Waals surface area contributed by atoms with Crippen molar-refractivity contribution in [1.82, 2.24) is 5.32 Å². The molecule has 0 spiro atoms. The van der Waals surface area contributed by atoms with Gasteiger partial charge in [-0.05, 0) is 52.6 Å². The Morgan fingerprint density at radius 1 is 1.00 bits per heavy atom. The maximum Gasteiger partial charge on any atom is 0.339 e. The summed E-state index contributed by atoms with van der Waals surface area (Å²) in [7, 11) is 1.33. The van der Waals surface area contributed by atoms with Gasteiger partial charge in [-0.3, -0.25) is 4.79 Å². The summed E-state index contributed by atoms with van der Waals surface area (Å²) < 4.78 is 4.87. The topological polar surface area (TPSA) is 67.4 Å². The highest BCUT2D eigenvalue weighted by molar-refractivity contribution is 6.07. The van der Waals surface area contributed by atoms with E-state index in [-0.39, 0.29) is 5.91 Å². The average molecular weight is 417 g/mol. The molecule has 0 aliphatic rings. The van der Waals surface area contributed by atoms with Crippen LogP contribution in [0.15, 0.2) is 66.7 Å². The van der Waals surface area contributed by atoms with Gasteiger partial charge in [0, 0.05) is 18.7 Å². The summed E-state index contributed by atoms with van der Waals surface area (Å²) in [6, 6.07) is 19.9. The van der Waals surface area contributed by atoms with Gasteiger partial charge in [-0.2, -0.15) is 0 Å². The summed E-state index contributed by atoms with van der Waals surface area (Å²) in [5.74, 6) is -0.793. The lowest BCUT2D eigenvalue weighted by atomic mass is 10.0. The molecule has 0 heterocycles. The van der Waals surface area contributed by atoms with Gasteiger partial charge in [0.25, 0.3) is 0 Å². The summed E-state index contributed by atoms with van der Waals surface area (Å²) in [5, 5.41) is 8.45. The van der Waals surface area contributed by atoms with Crippen molar-refractivity contribution in [3.05, 3.63) is 83.4 Å². The number of nitrogens with one attached hydrogen (secondary N) is 2. The number of benzene rings is 3. The fourth-order valence-corrected chi connectivity index (χ4v) is 3.30. The first-order chi connectivity index (χ1) is 14.9. The molecule has 31 heavy (non-hydrogen) atoms. The predicted octanol–water partition coefficient (Wildman–Crippen LogP) is 5.17. The number of esters is 1. The molecule has 160 valence electrons. The van der Waals surface area contributed by atoms with Crippen LogP contribution >= 0.6 is 0 Å². The predicted molar refractivity (Wildman–Crippen MR) is 126 cm³/mol. The zero-order valence-electron chi connectivity index (χ0n) is 18.4. The number of hydrogen-bond donors (Lipinski definition) is 2. The van der Waals surface area contributed by atoms with E-state index in [1.54, 1.807) is 18.2 Å². The molecule has 0 saturated carbocycles. The Morgan fingerprint density at radius 2 is 1.74 bits per heavy atom. The van der Waals surface area contributed by atoms with Gasteiger partial charge in [0.2, 0.25) is 5.91 Å². The summed E-state index contributed by atoms with van der Waals surface area (Å²) in [6.45, 7) is 6.65. The van der Waals surface area contributed by atoms with Crippen molar-refractivity contribution in [1.29, 1.82) is 0 Å². The fourth-order valence-electron chi connectivity index (χ4n) is 3.30. The van der Waals surface area contributed by atoms with Crippen LogP contribution in [0.5, 0.6) is 0 Å². The van der Waals surface area contributed by atoms with Crippen molar-refractivity contribution in [2.24, 2.45) is 0 Å². The van der Waals surface area contributed by atoms with Crippen molar-refractivity contribution in [2.75, 3.05) is 12.4 Å². The normalized spacial score (nSPS) is 11.6. The number of carbonyl (C=O) groups is 2. The van der Waals surface area contributed by atoms with Crippen LogP contribution in [0.3, 0.4) is 0 Å². The highest BCUT2D eigenvalue weighted by Gasteiger charge is 2.14. The molecule has 0 atom stereocenters. The molecule has 0 saturated heterocycles. The molecule has 0 aliphatic heterocycles. The Labute approximate surface area is 183 Å². The number of amides is 1. The zero-order valence-corrected chi connectivity index (χ0v) is 18.4. The van der Waals surface area contributed by atoms with E-state index in [2.05, 4.69) is 36.6 Å². The fraction of sp³-hybridized carbons (Fsp3) is 0.231. The molecule has 3 aromatic rings. The second kappa shape index (κ2) is 10.0. The molecule has 3 aromatic carbocycles. The first kappa shape index (κ1) is 22.2. The number of ether oxygens (including phenoxy) is 1. The number of hydrogen-bond acceptors (Lipinski definition) is 4. The minimum Gasteiger partial charge on any atom is -0.465 e. The van der Waals surface area contributed by atoms with Crippen LogP contribution in [0, 0.1) is 0 Å². The van der Waals surface area contributed by atoms with E-state index in [0.717, 1.165) is 27.5 Å². The van der Waals surface area contributed by atoms with Crippen LogP contribution in [0.25, 0.3) is 16.3 Å². The molecule has 0 aliphatic carbocycles. The van der Waals surface area contributed by atoms with Crippen LogP contribution in [-0.4, -0.2) is 25.0 Å². The van der Waals surface area contributed by atoms with Crippen molar-refractivity contribution >= 4 is 33.9 Å². The zero-order chi connectivity index (χ0) is 22.4. The van der Waals surface area contributed by atoms with Crippen LogP contribution in [-0.2, 0) is 16.1 Å². The first-order valence-electron chi connectivity index (χ1n) is 10.3. The van der Waals surface area contributed by atoms with Crippen LogP contribution in [0.2, 0.25) is 0 Å². The van der Waals surface area contributed by atoms with Crippen molar-refractivity contribution in [3.8, 4) is 0 Å². The Balaban J connectivity index is 1.84. The van der Waals surface area contributed by atoms with Crippen LogP contribution in [0.1, 0.15) is 42.3 Å². The molecule has 1 amide bonds. The van der Waals surface area contributed by atoms with E-state index < -0.39 is 5.97 Å². The van der Waals surface area contributed by atoms with Crippen molar-refractivity contribution in [3.63, 3.8) is 0 Å².